The van der Waals surface area contributed by atoms with E-state index in [4.69, 9.17) is 9.47 Å². The molecule has 4 heteroatoms. The lowest BCUT2D eigenvalue weighted by Crippen LogP contribution is -2.27. The summed E-state index contributed by atoms with van der Waals surface area (Å²) < 4.78 is 10.7. The van der Waals surface area contributed by atoms with E-state index >= 15 is 0 Å². The molecule has 2 aromatic rings. The Kier molecular flexibility index (Phi) is 4.81. The summed E-state index contributed by atoms with van der Waals surface area (Å²) in [5, 5.41) is 2.97. The highest BCUT2D eigenvalue weighted by Crippen LogP contribution is 2.25. The van der Waals surface area contributed by atoms with Gasteiger partial charge in [-0.05, 0) is 41.3 Å². The molecule has 0 atom stereocenters. The zero-order valence-corrected chi connectivity index (χ0v) is 13.3. The van der Waals surface area contributed by atoms with Crippen molar-refractivity contribution < 1.29 is 14.3 Å². The lowest BCUT2D eigenvalue weighted by Gasteiger charge is -2.08. The van der Waals surface area contributed by atoms with Gasteiger partial charge in [-0.15, -0.1) is 0 Å². The van der Waals surface area contributed by atoms with Crippen molar-refractivity contribution in [2.75, 3.05) is 20.3 Å². The van der Waals surface area contributed by atoms with E-state index in [1.165, 1.54) is 11.1 Å². The smallest absolute Gasteiger partial charge is 0.224 e. The van der Waals surface area contributed by atoms with Gasteiger partial charge in [-0.1, -0.05) is 24.3 Å². The summed E-state index contributed by atoms with van der Waals surface area (Å²) in [5.41, 5.74) is 3.46. The molecule has 0 unspecified atom stereocenters. The maximum atomic E-state index is 12.0. The molecule has 0 aliphatic carbocycles. The van der Waals surface area contributed by atoms with Crippen LogP contribution in [-0.4, -0.2) is 26.2 Å². The summed E-state index contributed by atoms with van der Waals surface area (Å²) in [5.74, 6) is 1.80. The lowest BCUT2D eigenvalue weighted by molar-refractivity contribution is -0.120. The number of carbonyl (C=O) groups is 1. The molecule has 23 heavy (non-hydrogen) atoms. The van der Waals surface area contributed by atoms with Crippen LogP contribution in [0.5, 0.6) is 11.5 Å². The molecule has 0 aromatic heterocycles. The van der Waals surface area contributed by atoms with Crippen molar-refractivity contribution >= 4 is 5.91 Å². The van der Waals surface area contributed by atoms with Crippen molar-refractivity contribution in [3.8, 4) is 11.5 Å². The molecular formula is C19H21NO3. The van der Waals surface area contributed by atoms with Crippen molar-refractivity contribution in [3.05, 3.63) is 59.2 Å². The fourth-order valence-corrected chi connectivity index (χ4v) is 2.77. The highest BCUT2D eigenvalue weighted by molar-refractivity contribution is 5.78. The van der Waals surface area contributed by atoms with Crippen LogP contribution < -0.4 is 14.8 Å². The first-order valence-electron chi connectivity index (χ1n) is 7.89. The predicted molar refractivity (Wildman–Crippen MR) is 89.1 cm³/mol. The molecular weight excluding hydrogens is 290 g/mol. The summed E-state index contributed by atoms with van der Waals surface area (Å²) in [7, 11) is 1.63. The van der Waals surface area contributed by atoms with Crippen LogP contribution >= 0.6 is 0 Å². The minimum absolute atomic E-state index is 0.0303. The fourth-order valence-electron chi connectivity index (χ4n) is 2.77. The molecule has 1 aliphatic rings. The zero-order chi connectivity index (χ0) is 16.1. The van der Waals surface area contributed by atoms with Crippen molar-refractivity contribution in [2.45, 2.75) is 19.3 Å². The van der Waals surface area contributed by atoms with Gasteiger partial charge < -0.3 is 14.8 Å². The van der Waals surface area contributed by atoms with Gasteiger partial charge in [-0.25, -0.2) is 0 Å². The average Bonchev–Trinajstić information content (AvgIpc) is 3.02. The largest absolute Gasteiger partial charge is 0.497 e. The zero-order valence-electron chi connectivity index (χ0n) is 13.3. The van der Waals surface area contributed by atoms with Crippen LogP contribution in [0.4, 0.5) is 0 Å². The predicted octanol–water partition coefficient (Wildman–Crippen LogP) is 2.53. The van der Waals surface area contributed by atoms with Gasteiger partial charge in [0.25, 0.3) is 0 Å². The molecule has 2 aromatic carbocycles. The molecule has 1 N–H and O–H groups in total. The molecule has 4 nitrogen and oxygen atoms in total. The van der Waals surface area contributed by atoms with Crippen LogP contribution in [0, 0.1) is 0 Å². The maximum Gasteiger partial charge on any atom is 0.224 e. The number of carbonyl (C=O) groups excluding carboxylic acids is 1. The molecule has 0 saturated heterocycles. The molecule has 0 bridgehead atoms. The van der Waals surface area contributed by atoms with Gasteiger partial charge >= 0.3 is 0 Å². The summed E-state index contributed by atoms with van der Waals surface area (Å²) in [6.45, 7) is 1.42. The number of methoxy groups -OCH3 is 1. The summed E-state index contributed by atoms with van der Waals surface area (Å²) in [6, 6.07) is 13.9. The molecule has 1 aliphatic heterocycles. The number of rotatable bonds is 6. The van der Waals surface area contributed by atoms with E-state index in [0.717, 1.165) is 36.5 Å². The third-order valence-electron chi connectivity index (χ3n) is 3.99. The Morgan fingerprint density at radius 3 is 3.00 bits per heavy atom. The lowest BCUT2D eigenvalue weighted by atomic mass is 10.1. The van der Waals surface area contributed by atoms with Gasteiger partial charge in [0.2, 0.25) is 5.91 Å². The van der Waals surface area contributed by atoms with E-state index in [2.05, 4.69) is 17.4 Å². The monoisotopic (exact) mass is 311 g/mol. The minimum atomic E-state index is 0.0303. The molecule has 1 heterocycles. The van der Waals surface area contributed by atoms with Crippen LogP contribution in [-0.2, 0) is 24.1 Å². The van der Waals surface area contributed by atoms with E-state index in [1.807, 2.05) is 30.3 Å². The molecule has 3 rings (SSSR count). The van der Waals surface area contributed by atoms with Crippen molar-refractivity contribution in [1.29, 1.82) is 0 Å². The number of fused-ring (bicyclic) bond motifs is 1. The van der Waals surface area contributed by atoms with E-state index in [-0.39, 0.29) is 5.91 Å². The van der Waals surface area contributed by atoms with Gasteiger partial charge in [0.1, 0.15) is 11.5 Å². The number of benzene rings is 2. The average molecular weight is 311 g/mol. The molecule has 120 valence electrons. The Hall–Kier alpha value is -2.49. The number of ether oxygens (including phenoxy) is 2. The Bertz CT molecular complexity index is 697. The van der Waals surface area contributed by atoms with Crippen molar-refractivity contribution in [1.82, 2.24) is 5.32 Å². The first-order chi connectivity index (χ1) is 11.2. The topological polar surface area (TPSA) is 47.6 Å². The molecule has 1 amide bonds. The standard InChI is InChI=1S/C19H21NO3/c1-22-17-4-2-3-15(12-17)13-19(21)20-9-7-14-5-6-18-16(11-14)8-10-23-18/h2-6,11-12H,7-10,13H2,1H3,(H,20,21). The minimum Gasteiger partial charge on any atom is -0.497 e. The second kappa shape index (κ2) is 7.18. The van der Waals surface area contributed by atoms with Gasteiger partial charge in [-0.2, -0.15) is 0 Å². The van der Waals surface area contributed by atoms with Crippen LogP contribution in [0.1, 0.15) is 16.7 Å². The maximum absolute atomic E-state index is 12.0. The third-order valence-corrected chi connectivity index (χ3v) is 3.99. The Labute approximate surface area is 136 Å². The van der Waals surface area contributed by atoms with E-state index < -0.39 is 0 Å². The quantitative estimate of drug-likeness (QED) is 0.892. The first kappa shape index (κ1) is 15.4. The SMILES string of the molecule is COc1cccc(CC(=O)NCCc2ccc3c(c2)CCO3)c1. The van der Waals surface area contributed by atoms with E-state index in [0.29, 0.717) is 13.0 Å². The molecule has 0 radical (unpaired) electrons. The van der Waals surface area contributed by atoms with Crippen molar-refractivity contribution in [2.24, 2.45) is 0 Å². The number of hydrogen-bond donors (Lipinski definition) is 1. The fraction of sp³-hybridized carbons (Fsp3) is 0.316. The second-order valence-corrected chi connectivity index (χ2v) is 5.67. The van der Waals surface area contributed by atoms with E-state index in [1.54, 1.807) is 7.11 Å². The Morgan fingerprint density at radius 2 is 2.13 bits per heavy atom. The third kappa shape index (κ3) is 4.03. The van der Waals surface area contributed by atoms with Crippen LogP contribution in [0.3, 0.4) is 0 Å². The normalized spacial score (nSPS) is 12.4. The van der Waals surface area contributed by atoms with Gasteiger partial charge in [0.05, 0.1) is 20.1 Å². The highest BCUT2D eigenvalue weighted by Gasteiger charge is 2.12. The van der Waals surface area contributed by atoms with Crippen LogP contribution in [0.2, 0.25) is 0 Å². The number of amides is 1. The number of hydrogen-bond acceptors (Lipinski definition) is 3. The van der Waals surface area contributed by atoms with Crippen LogP contribution in [0.25, 0.3) is 0 Å². The van der Waals surface area contributed by atoms with Gasteiger partial charge in [0.15, 0.2) is 0 Å². The highest BCUT2D eigenvalue weighted by atomic mass is 16.5. The van der Waals surface area contributed by atoms with Crippen molar-refractivity contribution in [3.63, 3.8) is 0 Å². The Morgan fingerprint density at radius 1 is 1.22 bits per heavy atom. The summed E-state index contributed by atoms with van der Waals surface area (Å²) in [6.07, 6.45) is 2.18. The molecule has 0 fully saturated rings. The van der Waals surface area contributed by atoms with Gasteiger partial charge in [-0.3, -0.25) is 4.79 Å². The van der Waals surface area contributed by atoms with E-state index in [9.17, 15) is 4.79 Å². The number of nitrogens with one attached hydrogen (secondary N) is 1. The Balaban J connectivity index is 1.47. The van der Waals surface area contributed by atoms with Gasteiger partial charge in [0, 0.05) is 13.0 Å². The molecule has 0 spiro atoms. The summed E-state index contributed by atoms with van der Waals surface area (Å²) in [4.78, 5) is 12.0. The molecule has 0 saturated carbocycles. The van der Waals surface area contributed by atoms with Crippen LogP contribution in [0.15, 0.2) is 42.5 Å². The summed E-state index contributed by atoms with van der Waals surface area (Å²) >= 11 is 0. The first-order valence-corrected chi connectivity index (χ1v) is 7.89. The second-order valence-electron chi connectivity index (χ2n) is 5.67.